The van der Waals surface area contributed by atoms with Gasteiger partial charge in [0.15, 0.2) is 0 Å². The number of hydrogen-bond donors (Lipinski definition) is 0. The van der Waals surface area contributed by atoms with Crippen molar-refractivity contribution in [3.63, 3.8) is 0 Å². The minimum Gasteiger partial charge on any atom is -0.462 e. The Kier molecular flexibility index (Phi) is 16.0. The molecule has 0 spiro atoms. The fourth-order valence-electron chi connectivity index (χ4n) is 7.12. The second-order valence-electron chi connectivity index (χ2n) is 13.5. The van der Waals surface area contributed by atoms with Gasteiger partial charge in [-0.15, -0.1) is 0 Å². The molecule has 0 aromatic rings. The zero-order valence-corrected chi connectivity index (χ0v) is 26.0. The van der Waals surface area contributed by atoms with E-state index in [2.05, 4.69) is 41.5 Å². The minimum absolute atomic E-state index is 0.0194. The van der Waals surface area contributed by atoms with E-state index in [0.29, 0.717) is 35.5 Å². The van der Waals surface area contributed by atoms with Gasteiger partial charge in [-0.2, -0.15) is 0 Å². The Labute approximate surface area is 235 Å². The van der Waals surface area contributed by atoms with E-state index < -0.39 is 0 Å². The molecule has 4 heteroatoms. The molecule has 0 amide bonds. The third kappa shape index (κ3) is 12.0. The standard InChI is InChI=1S/C34H62O4/c1-7-9-13-27-15-11-17-31(29(27)21-19-25(3)4)37-33(35)23-24-34(36)38-32-18-12-16-28(14-10-8-2)30(32)22-20-26(5)6/h25-32H,7-24H2,1-6H3. The van der Waals surface area contributed by atoms with Gasteiger partial charge in [0.1, 0.15) is 12.2 Å². The van der Waals surface area contributed by atoms with Crippen LogP contribution in [0, 0.1) is 35.5 Å². The summed E-state index contributed by atoms with van der Waals surface area (Å²) < 4.78 is 12.2. The molecular weight excluding hydrogens is 472 g/mol. The molecular formula is C34H62O4. The first kappa shape index (κ1) is 33.1. The number of rotatable bonds is 17. The number of unbranched alkanes of at least 4 members (excludes halogenated alkanes) is 2. The zero-order chi connectivity index (χ0) is 27.9. The quantitative estimate of drug-likeness (QED) is 0.174. The van der Waals surface area contributed by atoms with Crippen molar-refractivity contribution in [3.8, 4) is 0 Å². The molecule has 0 aromatic carbocycles. The molecule has 2 saturated carbocycles. The van der Waals surface area contributed by atoms with E-state index in [1.165, 1.54) is 64.2 Å². The molecule has 0 aliphatic heterocycles. The van der Waals surface area contributed by atoms with Crippen molar-refractivity contribution in [3.05, 3.63) is 0 Å². The number of carbonyl (C=O) groups is 2. The monoisotopic (exact) mass is 534 g/mol. The second-order valence-corrected chi connectivity index (χ2v) is 13.5. The van der Waals surface area contributed by atoms with Crippen molar-refractivity contribution in [2.24, 2.45) is 35.5 Å². The van der Waals surface area contributed by atoms with Crippen molar-refractivity contribution < 1.29 is 19.1 Å². The van der Waals surface area contributed by atoms with Gasteiger partial charge in [0.05, 0.1) is 12.8 Å². The van der Waals surface area contributed by atoms with Crippen molar-refractivity contribution in [2.75, 3.05) is 0 Å². The van der Waals surface area contributed by atoms with Crippen LogP contribution in [0.4, 0.5) is 0 Å². The molecule has 0 N–H and O–H groups in total. The Morgan fingerprint density at radius 1 is 0.632 bits per heavy atom. The fourth-order valence-corrected chi connectivity index (χ4v) is 7.12. The van der Waals surface area contributed by atoms with Gasteiger partial charge >= 0.3 is 11.9 Å². The smallest absolute Gasteiger partial charge is 0.306 e. The summed E-state index contributed by atoms with van der Waals surface area (Å²) >= 11 is 0. The van der Waals surface area contributed by atoms with Gasteiger partial charge in [0, 0.05) is 0 Å². The van der Waals surface area contributed by atoms with Gasteiger partial charge in [0.25, 0.3) is 0 Å². The highest BCUT2D eigenvalue weighted by Crippen LogP contribution is 2.40. The van der Waals surface area contributed by atoms with Crippen LogP contribution < -0.4 is 0 Å². The second kappa shape index (κ2) is 18.3. The summed E-state index contributed by atoms with van der Waals surface area (Å²) in [6, 6.07) is 0. The number of carbonyl (C=O) groups excluding carboxylic acids is 2. The molecule has 0 radical (unpaired) electrons. The van der Waals surface area contributed by atoms with E-state index in [1.807, 2.05) is 0 Å². The van der Waals surface area contributed by atoms with Gasteiger partial charge < -0.3 is 9.47 Å². The molecule has 2 aliphatic carbocycles. The maximum atomic E-state index is 12.9. The van der Waals surface area contributed by atoms with Crippen LogP contribution in [0.1, 0.15) is 157 Å². The van der Waals surface area contributed by atoms with E-state index in [4.69, 9.17) is 9.47 Å². The molecule has 0 aromatic heterocycles. The normalized spacial score (nSPS) is 28.0. The molecule has 0 heterocycles. The molecule has 222 valence electrons. The Morgan fingerprint density at radius 2 is 1.03 bits per heavy atom. The maximum absolute atomic E-state index is 12.9. The fraction of sp³-hybridized carbons (Fsp3) is 0.941. The minimum atomic E-state index is -0.210. The lowest BCUT2D eigenvalue weighted by molar-refractivity contribution is -0.162. The summed E-state index contributed by atoms with van der Waals surface area (Å²) in [5.74, 6) is 3.19. The molecule has 0 saturated heterocycles. The third-order valence-corrected chi connectivity index (χ3v) is 9.40. The average molecular weight is 535 g/mol. The topological polar surface area (TPSA) is 52.6 Å². The lowest BCUT2D eigenvalue weighted by atomic mass is 9.72. The lowest BCUT2D eigenvalue weighted by Crippen LogP contribution is -2.37. The molecule has 4 nitrogen and oxygen atoms in total. The number of ether oxygens (including phenoxy) is 2. The predicted molar refractivity (Wildman–Crippen MR) is 158 cm³/mol. The first-order valence-electron chi connectivity index (χ1n) is 16.6. The van der Waals surface area contributed by atoms with Crippen molar-refractivity contribution >= 4 is 11.9 Å². The van der Waals surface area contributed by atoms with Crippen LogP contribution in [0.5, 0.6) is 0 Å². The largest absolute Gasteiger partial charge is 0.462 e. The molecule has 6 unspecified atom stereocenters. The molecule has 2 rings (SSSR count). The summed E-state index contributed by atoms with van der Waals surface area (Å²) in [6.07, 6.45) is 19.2. The summed E-state index contributed by atoms with van der Waals surface area (Å²) in [4.78, 5) is 25.8. The van der Waals surface area contributed by atoms with Gasteiger partial charge in [-0.05, 0) is 86.9 Å². The Balaban J connectivity index is 1.89. The van der Waals surface area contributed by atoms with Gasteiger partial charge in [0.2, 0.25) is 0 Å². The van der Waals surface area contributed by atoms with Crippen LogP contribution >= 0.6 is 0 Å². The molecule has 0 bridgehead atoms. The van der Waals surface area contributed by atoms with Crippen molar-refractivity contribution in [2.45, 2.75) is 169 Å². The van der Waals surface area contributed by atoms with E-state index >= 15 is 0 Å². The first-order valence-corrected chi connectivity index (χ1v) is 16.6. The van der Waals surface area contributed by atoms with Crippen LogP contribution in [0.25, 0.3) is 0 Å². The average Bonchev–Trinajstić information content (AvgIpc) is 2.88. The van der Waals surface area contributed by atoms with E-state index in [9.17, 15) is 9.59 Å². The van der Waals surface area contributed by atoms with Crippen LogP contribution in [0.15, 0.2) is 0 Å². The lowest BCUT2D eigenvalue weighted by Gasteiger charge is -2.39. The van der Waals surface area contributed by atoms with Crippen LogP contribution in [0.3, 0.4) is 0 Å². The van der Waals surface area contributed by atoms with Gasteiger partial charge in [-0.1, -0.05) is 92.9 Å². The van der Waals surface area contributed by atoms with Crippen LogP contribution in [-0.4, -0.2) is 24.1 Å². The highest BCUT2D eigenvalue weighted by molar-refractivity contribution is 5.77. The first-order chi connectivity index (χ1) is 18.2. The summed E-state index contributed by atoms with van der Waals surface area (Å²) in [6.45, 7) is 13.6. The zero-order valence-electron chi connectivity index (χ0n) is 26.0. The van der Waals surface area contributed by atoms with Gasteiger partial charge in [-0.25, -0.2) is 0 Å². The van der Waals surface area contributed by atoms with E-state index in [1.54, 1.807) is 0 Å². The Morgan fingerprint density at radius 3 is 1.37 bits per heavy atom. The third-order valence-electron chi connectivity index (χ3n) is 9.40. The highest BCUT2D eigenvalue weighted by Gasteiger charge is 2.36. The SMILES string of the molecule is CCCCC1CCCC(OC(=O)CCC(=O)OC2CCCC(CCCC)C2CCC(C)C)C1CCC(C)C. The predicted octanol–water partition coefficient (Wildman–Crippen LogP) is 9.68. The molecule has 2 fully saturated rings. The van der Waals surface area contributed by atoms with E-state index in [0.717, 1.165) is 38.5 Å². The molecule has 38 heavy (non-hydrogen) atoms. The van der Waals surface area contributed by atoms with Crippen molar-refractivity contribution in [1.82, 2.24) is 0 Å². The van der Waals surface area contributed by atoms with Crippen LogP contribution in [-0.2, 0) is 19.1 Å². The van der Waals surface area contributed by atoms with Gasteiger partial charge in [-0.3, -0.25) is 9.59 Å². The molecule has 2 aliphatic rings. The summed E-state index contributed by atoms with van der Waals surface area (Å²) in [7, 11) is 0. The Hall–Kier alpha value is -1.06. The van der Waals surface area contributed by atoms with Crippen LogP contribution in [0.2, 0.25) is 0 Å². The molecule has 6 atom stereocenters. The van der Waals surface area contributed by atoms with E-state index in [-0.39, 0.29) is 37.0 Å². The number of esters is 2. The number of hydrogen-bond acceptors (Lipinski definition) is 4. The highest BCUT2D eigenvalue weighted by atomic mass is 16.6. The Bertz CT molecular complexity index is 601. The van der Waals surface area contributed by atoms with Crippen molar-refractivity contribution in [1.29, 1.82) is 0 Å². The summed E-state index contributed by atoms with van der Waals surface area (Å²) in [5, 5.41) is 0. The summed E-state index contributed by atoms with van der Waals surface area (Å²) in [5.41, 5.74) is 0. The maximum Gasteiger partial charge on any atom is 0.306 e.